The Bertz CT molecular complexity index is 1080. The Hall–Kier alpha value is -2.58. The van der Waals surface area contributed by atoms with E-state index in [4.69, 9.17) is 6.11 Å². The summed E-state index contributed by atoms with van der Waals surface area (Å²) in [6.45, 7) is 1.69. The van der Waals surface area contributed by atoms with Crippen molar-refractivity contribution in [1.29, 1.82) is 0 Å². The standard InChI is InChI=1S/C20H20FN3O4/c1-11-9-24(14-8-20(27)10-19(21)7-13(19)15(20)28-14)18(26)23-16(11)22-17(25)12-5-3-2-4-6-12/h2-6,9,13-15,27H,7-8,10H2,1H3,(H,22,23,25,26)/t13-,14-,15-,19-,20-/m1/s1/i13D. The number of rotatable bonds is 3. The number of aryl methyl sites for hydroxylation is 1. The highest BCUT2D eigenvalue weighted by Gasteiger charge is 2.75. The molecule has 1 saturated heterocycles. The van der Waals surface area contributed by atoms with Crippen molar-refractivity contribution in [3.63, 3.8) is 0 Å². The molecule has 0 bridgehead atoms. The van der Waals surface area contributed by atoms with Gasteiger partial charge in [-0.2, -0.15) is 4.98 Å². The average Bonchev–Trinajstić information content (AvgIpc) is 2.95. The first kappa shape index (κ1) is 16.4. The monoisotopic (exact) mass is 386 g/mol. The highest BCUT2D eigenvalue weighted by atomic mass is 19.1. The van der Waals surface area contributed by atoms with Crippen LogP contribution in [0, 0.1) is 12.8 Å². The van der Waals surface area contributed by atoms with Crippen molar-refractivity contribution < 1.29 is 20.4 Å². The quantitative estimate of drug-likeness (QED) is 0.841. The molecule has 2 N–H and O–H groups in total. The molecule has 2 heterocycles. The summed E-state index contributed by atoms with van der Waals surface area (Å²) in [6, 6.07) is 8.56. The van der Waals surface area contributed by atoms with E-state index in [-0.39, 0.29) is 31.0 Å². The smallest absolute Gasteiger partial charge is 0.351 e. The molecule has 8 heteroatoms. The number of carbonyl (C=O) groups excluding carboxylic acids is 1. The van der Waals surface area contributed by atoms with Crippen molar-refractivity contribution in [2.45, 2.75) is 49.8 Å². The minimum Gasteiger partial charge on any atom is -0.387 e. The van der Waals surface area contributed by atoms with E-state index >= 15 is 0 Å². The van der Waals surface area contributed by atoms with Crippen LogP contribution in [-0.2, 0) is 4.74 Å². The Labute approximate surface area is 161 Å². The number of carbonyl (C=O) groups is 1. The third kappa shape index (κ3) is 2.59. The number of aromatic nitrogens is 2. The lowest BCUT2D eigenvalue weighted by Gasteiger charge is -2.22. The number of nitrogens with zero attached hydrogens (tertiary/aromatic N) is 2. The van der Waals surface area contributed by atoms with Gasteiger partial charge in [-0.05, 0) is 25.5 Å². The van der Waals surface area contributed by atoms with Crippen LogP contribution in [0.15, 0.2) is 41.3 Å². The molecule has 5 atom stereocenters. The fraction of sp³-hybridized carbons (Fsp3) is 0.450. The number of fused-ring (bicyclic) bond motifs is 3. The van der Waals surface area contributed by atoms with E-state index < -0.39 is 35.2 Å². The summed E-state index contributed by atoms with van der Waals surface area (Å²) in [6.07, 6.45) is -0.421. The first-order valence-electron chi connectivity index (χ1n) is 9.68. The molecule has 1 aromatic heterocycles. The van der Waals surface area contributed by atoms with Crippen LogP contribution >= 0.6 is 0 Å². The molecule has 3 aliphatic rings. The van der Waals surface area contributed by atoms with Gasteiger partial charge in [0.25, 0.3) is 5.91 Å². The van der Waals surface area contributed by atoms with Crippen molar-refractivity contribution in [1.82, 2.24) is 9.55 Å². The topological polar surface area (TPSA) is 93.5 Å². The summed E-state index contributed by atoms with van der Waals surface area (Å²) < 4.78 is 29.7. The summed E-state index contributed by atoms with van der Waals surface area (Å²) in [5.74, 6) is -1.70. The SMILES string of the molecule is [2H][C@]12C[C@@]1(F)C[C@]1(O)C[C@H](n3cc(C)c(NC(=O)c4ccccc4)nc3=O)O[C@@H]12. The number of hydrogen-bond acceptors (Lipinski definition) is 5. The second-order valence-electron chi connectivity index (χ2n) is 7.91. The molecule has 0 spiro atoms. The number of aliphatic hydroxyl groups is 1. The minimum absolute atomic E-state index is 0.0146. The van der Waals surface area contributed by atoms with E-state index in [0.29, 0.717) is 11.1 Å². The van der Waals surface area contributed by atoms with Gasteiger partial charge < -0.3 is 15.2 Å². The summed E-state index contributed by atoms with van der Waals surface area (Å²) >= 11 is 0. The van der Waals surface area contributed by atoms with Gasteiger partial charge in [0.1, 0.15) is 17.7 Å². The summed E-state index contributed by atoms with van der Waals surface area (Å²) in [5, 5.41) is 13.4. The summed E-state index contributed by atoms with van der Waals surface area (Å²) in [4.78, 5) is 28.9. The van der Waals surface area contributed by atoms with E-state index in [1.165, 1.54) is 10.8 Å². The average molecular weight is 386 g/mol. The Morgan fingerprint density at radius 2 is 2.18 bits per heavy atom. The molecule has 5 rings (SSSR count). The first-order valence-corrected chi connectivity index (χ1v) is 9.18. The zero-order valence-electron chi connectivity index (χ0n) is 16.2. The molecule has 1 aromatic carbocycles. The number of ether oxygens (including phenoxy) is 1. The predicted molar refractivity (Wildman–Crippen MR) is 97.7 cm³/mol. The van der Waals surface area contributed by atoms with Gasteiger partial charge in [0.2, 0.25) is 0 Å². The molecule has 146 valence electrons. The predicted octanol–water partition coefficient (Wildman–Crippen LogP) is 1.95. The maximum absolute atomic E-state index is 14.5. The fourth-order valence-corrected chi connectivity index (χ4v) is 4.39. The van der Waals surface area contributed by atoms with Crippen LogP contribution in [0.2, 0.25) is 0 Å². The normalized spacial score (nSPS) is 38.5. The lowest BCUT2D eigenvalue weighted by molar-refractivity contribution is -0.0558. The number of anilines is 1. The minimum atomic E-state index is -1.71. The molecule has 7 nitrogen and oxygen atoms in total. The van der Waals surface area contributed by atoms with Gasteiger partial charge in [0, 0.05) is 37.4 Å². The van der Waals surface area contributed by atoms with Crippen LogP contribution in [0.25, 0.3) is 0 Å². The number of halogens is 1. The lowest BCUT2D eigenvalue weighted by Crippen LogP contribution is -2.36. The van der Waals surface area contributed by atoms with Crippen LogP contribution in [0.1, 0.15) is 42.8 Å². The molecule has 2 aromatic rings. The van der Waals surface area contributed by atoms with Crippen molar-refractivity contribution in [3.05, 3.63) is 58.1 Å². The molecule has 0 unspecified atom stereocenters. The Kier molecular flexibility index (Phi) is 3.34. The first-order chi connectivity index (χ1) is 13.7. The summed E-state index contributed by atoms with van der Waals surface area (Å²) in [5.41, 5.74) is -2.86. The van der Waals surface area contributed by atoms with Gasteiger partial charge in [-0.15, -0.1) is 0 Å². The third-order valence-corrected chi connectivity index (χ3v) is 5.85. The molecule has 28 heavy (non-hydrogen) atoms. The van der Waals surface area contributed by atoms with Crippen LogP contribution in [0.3, 0.4) is 0 Å². The van der Waals surface area contributed by atoms with Gasteiger partial charge in [0.05, 0.1) is 11.7 Å². The molecule has 3 fully saturated rings. The maximum Gasteiger partial charge on any atom is 0.351 e. The Morgan fingerprint density at radius 1 is 1.43 bits per heavy atom. The van der Waals surface area contributed by atoms with Crippen LogP contribution in [0.5, 0.6) is 0 Å². The molecule has 2 saturated carbocycles. The molecular formula is C20H20FN3O4. The largest absolute Gasteiger partial charge is 0.387 e. The van der Waals surface area contributed by atoms with E-state index in [2.05, 4.69) is 10.3 Å². The van der Waals surface area contributed by atoms with Gasteiger partial charge in [-0.1, -0.05) is 18.2 Å². The van der Waals surface area contributed by atoms with Crippen molar-refractivity contribution in [2.75, 3.05) is 5.32 Å². The fourth-order valence-electron chi connectivity index (χ4n) is 4.39. The van der Waals surface area contributed by atoms with E-state index in [1.807, 2.05) is 0 Å². The van der Waals surface area contributed by atoms with Crippen molar-refractivity contribution in [2.24, 2.45) is 5.89 Å². The van der Waals surface area contributed by atoms with Gasteiger partial charge in [-0.3, -0.25) is 9.36 Å². The van der Waals surface area contributed by atoms with Crippen LogP contribution < -0.4 is 11.0 Å². The van der Waals surface area contributed by atoms with Crippen LogP contribution in [-0.4, -0.2) is 37.9 Å². The number of alkyl halides is 1. The molecular weight excluding hydrogens is 365 g/mol. The second kappa shape index (κ2) is 5.71. The Morgan fingerprint density at radius 3 is 2.89 bits per heavy atom. The van der Waals surface area contributed by atoms with Crippen LogP contribution in [0.4, 0.5) is 10.2 Å². The number of benzene rings is 1. The maximum atomic E-state index is 14.5. The van der Waals surface area contributed by atoms with Gasteiger partial charge >= 0.3 is 5.69 Å². The van der Waals surface area contributed by atoms with E-state index in [0.717, 1.165) is 0 Å². The molecule has 2 aliphatic carbocycles. The van der Waals surface area contributed by atoms with Gasteiger partial charge in [0.15, 0.2) is 0 Å². The lowest BCUT2D eigenvalue weighted by atomic mass is 9.93. The number of nitrogens with one attached hydrogen (secondary N) is 1. The zero-order valence-corrected chi connectivity index (χ0v) is 15.2. The highest BCUT2D eigenvalue weighted by Crippen LogP contribution is 2.67. The zero-order chi connectivity index (χ0) is 20.6. The molecule has 1 amide bonds. The van der Waals surface area contributed by atoms with Crippen molar-refractivity contribution in [3.8, 4) is 0 Å². The second-order valence-corrected chi connectivity index (χ2v) is 7.91. The van der Waals surface area contributed by atoms with E-state index in [1.54, 1.807) is 37.3 Å². The van der Waals surface area contributed by atoms with Crippen molar-refractivity contribution >= 4 is 11.7 Å². The number of amides is 1. The highest BCUT2D eigenvalue weighted by molar-refractivity contribution is 6.03. The number of hydrogen-bond donors (Lipinski definition) is 2. The molecule has 1 aliphatic heterocycles. The Balaban J connectivity index is 1.39. The summed E-state index contributed by atoms with van der Waals surface area (Å²) in [7, 11) is 0. The third-order valence-electron chi connectivity index (χ3n) is 5.85. The van der Waals surface area contributed by atoms with Gasteiger partial charge in [-0.25, -0.2) is 9.18 Å². The molecule has 0 radical (unpaired) electrons. The van der Waals surface area contributed by atoms with E-state index in [9.17, 15) is 19.1 Å².